The minimum atomic E-state index is -0.963. The number of carbonyl (C=O) groups excluding carboxylic acids is 3. The molecule has 0 N–H and O–H groups in total. The van der Waals surface area contributed by atoms with Crippen molar-refractivity contribution < 1.29 is 23.9 Å². The van der Waals surface area contributed by atoms with E-state index in [1.54, 1.807) is 0 Å². The van der Waals surface area contributed by atoms with E-state index in [4.69, 9.17) is 9.47 Å². The van der Waals surface area contributed by atoms with Gasteiger partial charge in [-0.1, -0.05) is 26.7 Å². The average molecular weight is 242 g/mol. The Morgan fingerprint density at radius 1 is 0.941 bits per heavy atom. The second kappa shape index (κ2) is 9.60. The lowest BCUT2D eigenvalue weighted by molar-refractivity contribution is -0.147. The highest BCUT2D eigenvalue weighted by molar-refractivity contribution is 6.20. The average Bonchev–Trinajstić information content (AvgIpc) is 2.30. The number of carbonyl (C=O) groups is 2. The Labute approximate surface area is 101 Å². The maximum absolute atomic E-state index is 11.3. The summed E-state index contributed by atoms with van der Waals surface area (Å²) in [4.78, 5) is 33.1. The zero-order valence-corrected chi connectivity index (χ0v) is 10.3. The maximum Gasteiger partial charge on any atom is 0.357 e. The van der Waals surface area contributed by atoms with Crippen molar-refractivity contribution in [2.45, 2.75) is 39.5 Å². The van der Waals surface area contributed by atoms with Gasteiger partial charge in [0.2, 0.25) is 5.57 Å². The van der Waals surface area contributed by atoms with E-state index in [0.29, 0.717) is 12.8 Å². The van der Waals surface area contributed by atoms with Crippen molar-refractivity contribution >= 4 is 17.9 Å². The number of rotatable bonds is 8. The van der Waals surface area contributed by atoms with E-state index in [2.05, 4.69) is 0 Å². The van der Waals surface area contributed by atoms with Crippen molar-refractivity contribution in [1.82, 2.24) is 0 Å². The lowest BCUT2D eigenvalue weighted by Gasteiger charge is -2.05. The molecule has 0 amide bonds. The van der Waals surface area contributed by atoms with Crippen LogP contribution in [0.1, 0.15) is 39.5 Å². The van der Waals surface area contributed by atoms with Gasteiger partial charge in [0.25, 0.3) is 0 Å². The number of hydrogen-bond donors (Lipinski definition) is 0. The fourth-order valence-corrected chi connectivity index (χ4v) is 0.929. The molecule has 0 saturated heterocycles. The Bertz CT molecular complexity index is 278. The van der Waals surface area contributed by atoms with Crippen molar-refractivity contribution in [3.63, 3.8) is 0 Å². The van der Waals surface area contributed by atoms with E-state index in [0.717, 1.165) is 12.8 Å². The van der Waals surface area contributed by atoms with Gasteiger partial charge in [0, 0.05) is 0 Å². The van der Waals surface area contributed by atoms with Crippen LogP contribution < -0.4 is 0 Å². The predicted molar refractivity (Wildman–Crippen MR) is 60.9 cm³/mol. The van der Waals surface area contributed by atoms with E-state index in [1.165, 1.54) is 5.94 Å². The van der Waals surface area contributed by atoms with Crippen LogP contribution in [-0.2, 0) is 23.9 Å². The summed E-state index contributed by atoms with van der Waals surface area (Å²) < 4.78 is 9.45. The first kappa shape index (κ1) is 15.4. The molecule has 0 aliphatic carbocycles. The number of hydrogen-bond acceptors (Lipinski definition) is 5. The molecule has 0 aliphatic heterocycles. The molecule has 0 aliphatic rings. The highest BCUT2D eigenvalue weighted by atomic mass is 16.6. The van der Waals surface area contributed by atoms with Crippen LogP contribution in [0.3, 0.4) is 0 Å². The summed E-state index contributed by atoms with van der Waals surface area (Å²) in [6, 6.07) is 0. The molecule has 0 rings (SSSR count). The van der Waals surface area contributed by atoms with Gasteiger partial charge < -0.3 is 9.47 Å². The van der Waals surface area contributed by atoms with E-state index in [9.17, 15) is 14.4 Å². The first-order valence-electron chi connectivity index (χ1n) is 5.76. The van der Waals surface area contributed by atoms with E-state index >= 15 is 0 Å². The summed E-state index contributed by atoms with van der Waals surface area (Å²) in [5, 5.41) is 0. The molecule has 17 heavy (non-hydrogen) atoms. The summed E-state index contributed by atoms with van der Waals surface area (Å²) in [5.74, 6) is -0.653. The SMILES string of the molecule is CCCCOC(=O)C(=C=O)C(=O)OCCCC. The summed E-state index contributed by atoms with van der Waals surface area (Å²) in [7, 11) is 0. The van der Waals surface area contributed by atoms with Crippen molar-refractivity contribution in [1.29, 1.82) is 0 Å². The standard InChI is InChI=1S/C12H18O5/c1-3-5-7-16-11(14)10(9-13)12(15)17-8-6-4-2/h3-8H2,1-2H3. The van der Waals surface area contributed by atoms with Gasteiger partial charge in [-0.15, -0.1) is 0 Å². The highest BCUT2D eigenvalue weighted by Crippen LogP contribution is 2.00. The van der Waals surface area contributed by atoms with Crippen LogP contribution in [0.2, 0.25) is 0 Å². The Morgan fingerprint density at radius 3 is 1.65 bits per heavy atom. The van der Waals surface area contributed by atoms with Gasteiger partial charge >= 0.3 is 11.9 Å². The molecule has 96 valence electrons. The van der Waals surface area contributed by atoms with E-state index in [1.807, 2.05) is 13.8 Å². The molecule has 0 radical (unpaired) electrons. The molecule has 0 heterocycles. The Hall–Kier alpha value is -1.61. The van der Waals surface area contributed by atoms with Gasteiger partial charge in [-0.05, 0) is 12.8 Å². The molecule has 0 spiro atoms. The molecule has 0 bridgehead atoms. The first-order valence-corrected chi connectivity index (χ1v) is 5.76. The zero-order chi connectivity index (χ0) is 13.1. The molecule has 0 atom stereocenters. The summed E-state index contributed by atoms with van der Waals surface area (Å²) in [5.41, 5.74) is -0.697. The molecule has 5 nitrogen and oxygen atoms in total. The normalized spacial score (nSPS) is 9.29. The Kier molecular flexibility index (Phi) is 8.69. The van der Waals surface area contributed by atoms with Crippen LogP contribution in [0.4, 0.5) is 0 Å². The molecule has 0 aromatic heterocycles. The van der Waals surface area contributed by atoms with Gasteiger partial charge in [0.05, 0.1) is 13.2 Å². The molecular weight excluding hydrogens is 224 g/mol. The second-order valence-corrected chi connectivity index (χ2v) is 3.46. The minimum absolute atomic E-state index is 0.183. The maximum atomic E-state index is 11.3. The lowest BCUT2D eigenvalue weighted by atomic mass is 10.3. The molecule has 0 aromatic carbocycles. The third kappa shape index (κ3) is 6.53. The fraction of sp³-hybridized carbons (Fsp3) is 0.667. The molecule has 0 saturated carbocycles. The van der Waals surface area contributed by atoms with Crippen LogP contribution in [0, 0.1) is 0 Å². The minimum Gasteiger partial charge on any atom is -0.461 e. The van der Waals surface area contributed by atoms with E-state index < -0.39 is 17.5 Å². The summed E-state index contributed by atoms with van der Waals surface area (Å²) in [6.07, 6.45) is 3.08. The summed E-state index contributed by atoms with van der Waals surface area (Å²) in [6.45, 7) is 4.23. The molecule has 0 fully saturated rings. The van der Waals surface area contributed by atoms with Gasteiger partial charge in [0.1, 0.15) is 5.94 Å². The molecule has 0 unspecified atom stereocenters. The first-order chi connectivity index (χ1) is 8.17. The third-order valence-corrected chi connectivity index (χ3v) is 1.97. The zero-order valence-electron chi connectivity index (χ0n) is 10.3. The van der Waals surface area contributed by atoms with Crippen LogP contribution in [-0.4, -0.2) is 31.1 Å². The number of unbranched alkanes of at least 4 members (excludes halogenated alkanes) is 2. The highest BCUT2D eigenvalue weighted by Gasteiger charge is 2.22. The van der Waals surface area contributed by atoms with Crippen LogP contribution >= 0.6 is 0 Å². The quantitative estimate of drug-likeness (QED) is 0.161. The molecule has 0 aromatic rings. The van der Waals surface area contributed by atoms with Gasteiger partial charge in [-0.2, -0.15) is 0 Å². The third-order valence-electron chi connectivity index (χ3n) is 1.97. The van der Waals surface area contributed by atoms with Crippen LogP contribution in [0.15, 0.2) is 5.57 Å². The molecule has 5 heteroatoms. The smallest absolute Gasteiger partial charge is 0.357 e. The topological polar surface area (TPSA) is 69.7 Å². The Morgan fingerprint density at radius 2 is 1.35 bits per heavy atom. The van der Waals surface area contributed by atoms with Crippen molar-refractivity contribution in [2.75, 3.05) is 13.2 Å². The van der Waals surface area contributed by atoms with Crippen LogP contribution in [0.25, 0.3) is 0 Å². The monoisotopic (exact) mass is 242 g/mol. The number of esters is 2. The largest absolute Gasteiger partial charge is 0.461 e. The van der Waals surface area contributed by atoms with Crippen LogP contribution in [0.5, 0.6) is 0 Å². The van der Waals surface area contributed by atoms with Crippen molar-refractivity contribution in [2.24, 2.45) is 0 Å². The van der Waals surface area contributed by atoms with E-state index in [-0.39, 0.29) is 13.2 Å². The van der Waals surface area contributed by atoms with Crippen molar-refractivity contribution in [3.05, 3.63) is 5.57 Å². The van der Waals surface area contributed by atoms with Crippen molar-refractivity contribution in [3.8, 4) is 0 Å². The summed E-state index contributed by atoms with van der Waals surface area (Å²) >= 11 is 0. The van der Waals surface area contributed by atoms with Gasteiger partial charge in [0.15, 0.2) is 0 Å². The predicted octanol–water partition coefficient (Wildman–Crippen LogP) is 1.43. The Balaban J connectivity index is 4.18. The van der Waals surface area contributed by atoms with Gasteiger partial charge in [-0.25, -0.2) is 14.4 Å². The van der Waals surface area contributed by atoms with Gasteiger partial charge in [-0.3, -0.25) is 0 Å². The molecular formula is C12H18O5. The fourth-order valence-electron chi connectivity index (χ4n) is 0.929. The number of ether oxygens (including phenoxy) is 2. The second-order valence-electron chi connectivity index (χ2n) is 3.46. The lowest BCUT2D eigenvalue weighted by Crippen LogP contribution is -2.19.